The van der Waals surface area contributed by atoms with Gasteiger partial charge in [-0.25, -0.2) is 0 Å². The number of hydrogen-bond donors (Lipinski definition) is 1. The first-order valence-corrected chi connectivity index (χ1v) is 5.92. The van der Waals surface area contributed by atoms with Crippen LogP contribution in [0, 0.1) is 5.92 Å². The van der Waals surface area contributed by atoms with Crippen LogP contribution in [0.25, 0.3) is 0 Å². The number of rotatable bonds is 3. The summed E-state index contributed by atoms with van der Waals surface area (Å²) in [5, 5.41) is 4.06. The number of amides is 1. The standard InChI is InChI=1S/C12H15Cl2NO/c1-7(2)12(16)15-8(3)10-5-4-9(13)6-11(10)14/h4-8H,1-3H3,(H,15,16). The van der Waals surface area contributed by atoms with E-state index in [1.807, 2.05) is 26.8 Å². The zero-order chi connectivity index (χ0) is 12.3. The first kappa shape index (κ1) is 13.3. The van der Waals surface area contributed by atoms with Crippen molar-refractivity contribution in [1.29, 1.82) is 0 Å². The lowest BCUT2D eigenvalue weighted by atomic mass is 10.1. The van der Waals surface area contributed by atoms with Crippen LogP contribution < -0.4 is 5.32 Å². The molecule has 1 unspecified atom stereocenters. The minimum absolute atomic E-state index is 0.0125. The van der Waals surface area contributed by atoms with Gasteiger partial charge in [0.1, 0.15) is 0 Å². The fourth-order valence-corrected chi connectivity index (χ4v) is 1.88. The van der Waals surface area contributed by atoms with E-state index >= 15 is 0 Å². The second-order valence-electron chi connectivity index (χ2n) is 4.05. The fourth-order valence-electron chi connectivity index (χ4n) is 1.31. The van der Waals surface area contributed by atoms with Crippen LogP contribution in [0.5, 0.6) is 0 Å². The monoisotopic (exact) mass is 259 g/mol. The number of carbonyl (C=O) groups is 1. The van der Waals surface area contributed by atoms with Crippen LogP contribution in [0.15, 0.2) is 18.2 Å². The lowest BCUT2D eigenvalue weighted by Gasteiger charge is -2.17. The Morgan fingerprint density at radius 1 is 1.25 bits per heavy atom. The second-order valence-corrected chi connectivity index (χ2v) is 4.89. The van der Waals surface area contributed by atoms with Gasteiger partial charge in [-0.3, -0.25) is 4.79 Å². The molecule has 0 aliphatic rings. The molecule has 0 aliphatic heterocycles. The molecule has 0 saturated carbocycles. The van der Waals surface area contributed by atoms with Gasteiger partial charge in [-0.1, -0.05) is 43.1 Å². The zero-order valence-electron chi connectivity index (χ0n) is 9.55. The Morgan fingerprint density at radius 2 is 1.88 bits per heavy atom. The Labute approximate surface area is 106 Å². The first-order chi connectivity index (χ1) is 7.41. The minimum Gasteiger partial charge on any atom is -0.349 e. The number of carbonyl (C=O) groups excluding carboxylic acids is 1. The average Bonchev–Trinajstić information content (AvgIpc) is 2.16. The summed E-state index contributed by atoms with van der Waals surface area (Å²) in [5.41, 5.74) is 0.875. The van der Waals surface area contributed by atoms with E-state index in [1.54, 1.807) is 12.1 Å². The molecule has 0 saturated heterocycles. The van der Waals surface area contributed by atoms with Crippen molar-refractivity contribution in [2.75, 3.05) is 0 Å². The summed E-state index contributed by atoms with van der Waals surface area (Å²) >= 11 is 11.9. The average molecular weight is 260 g/mol. The third kappa shape index (κ3) is 3.39. The Bertz CT molecular complexity index is 391. The quantitative estimate of drug-likeness (QED) is 0.879. The highest BCUT2D eigenvalue weighted by atomic mass is 35.5. The van der Waals surface area contributed by atoms with Gasteiger partial charge in [0.25, 0.3) is 0 Å². The van der Waals surface area contributed by atoms with E-state index in [0.29, 0.717) is 10.0 Å². The van der Waals surface area contributed by atoms with Crippen LogP contribution in [0.2, 0.25) is 10.0 Å². The third-order valence-electron chi connectivity index (χ3n) is 2.31. The van der Waals surface area contributed by atoms with Crippen LogP contribution in [0.3, 0.4) is 0 Å². The van der Waals surface area contributed by atoms with E-state index in [0.717, 1.165) is 5.56 Å². The highest BCUT2D eigenvalue weighted by molar-refractivity contribution is 6.35. The number of nitrogens with one attached hydrogen (secondary N) is 1. The molecule has 0 spiro atoms. The number of hydrogen-bond acceptors (Lipinski definition) is 1. The van der Waals surface area contributed by atoms with Crippen molar-refractivity contribution in [2.45, 2.75) is 26.8 Å². The molecule has 0 aliphatic carbocycles. The molecule has 1 atom stereocenters. The van der Waals surface area contributed by atoms with E-state index < -0.39 is 0 Å². The minimum atomic E-state index is -0.111. The third-order valence-corrected chi connectivity index (χ3v) is 2.87. The van der Waals surface area contributed by atoms with Gasteiger partial charge in [-0.15, -0.1) is 0 Å². The van der Waals surface area contributed by atoms with Crippen molar-refractivity contribution in [1.82, 2.24) is 5.32 Å². The van der Waals surface area contributed by atoms with E-state index in [2.05, 4.69) is 5.32 Å². The maximum Gasteiger partial charge on any atom is 0.223 e. The van der Waals surface area contributed by atoms with Crippen molar-refractivity contribution in [2.24, 2.45) is 5.92 Å². The van der Waals surface area contributed by atoms with E-state index in [-0.39, 0.29) is 17.9 Å². The van der Waals surface area contributed by atoms with Gasteiger partial charge in [0.15, 0.2) is 0 Å². The lowest BCUT2D eigenvalue weighted by molar-refractivity contribution is -0.124. The van der Waals surface area contributed by atoms with Crippen molar-refractivity contribution in [3.05, 3.63) is 33.8 Å². The van der Waals surface area contributed by atoms with Gasteiger partial charge in [0, 0.05) is 16.0 Å². The Morgan fingerprint density at radius 3 is 2.38 bits per heavy atom. The molecule has 0 bridgehead atoms. The number of halogens is 2. The van der Waals surface area contributed by atoms with E-state index in [9.17, 15) is 4.79 Å². The van der Waals surface area contributed by atoms with Crippen molar-refractivity contribution in [3.8, 4) is 0 Å². The second kappa shape index (κ2) is 5.55. The molecular formula is C12H15Cl2NO. The van der Waals surface area contributed by atoms with Gasteiger partial charge in [0.2, 0.25) is 5.91 Å². The molecule has 4 heteroatoms. The summed E-state index contributed by atoms with van der Waals surface area (Å²) in [7, 11) is 0. The number of benzene rings is 1. The van der Waals surface area contributed by atoms with Crippen LogP contribution >= 0.6 is 23.2 Å². The van der Waals surface area contributed by atoms with Gasteiger partial charge in [-0.2, -0.15) is 0 Å². The molecule has 1 N–H and O–H groups in total. The summed E-state index contributed by atoms with van der Waals surface area (Å²) in [4.78, 5) is 11.5. The lowest BCUT2D eigenvalue weighted by Crippen LogP contribution is -2.30. The molecule has 1 amide bonds. The fraction of sp³-hybridized carbons (Fsp3) is 0.417. The van der Waals surface area contributed by atoms with E-state index in [1.165, 1.54) is 0 Å². The summed E-state index contributed by atoms with van der Waals surface area (Å²) in [6, 6.07) is 5.16. The first-order valence-electron chi connectivity index (χ1n) is 5.17. The molecule has 1 rings (SSSR count). The molecule has 2 nitrogen and oxygen atoms in total. The topological polar surface area (TPSA) is 29.1 Å². The maximum absolute atomic E-state index is 11.5. The molecule has 1 aromatic rings. The van der Waals surface area contributed by atoms with Crippen LogP contribution in [0.4, 0.5) is 0 Å². The highest BCUT2D eigenvalue weighted by Gasteiger charge is 2.14. The van der Waals surface area contributed by atoms with E-state index in [4.69, 9.17) is 23.2 Å². The SMILES string of the molecule is CC(C)C(=O)NC(C)c1ccc(Cl)cc1Cl. The summed E-state index contributed by atoms with van der Waals surface area (Å²) in [6.45, 7) is 5.60. The van der Waals surface area contributed by atoms with Crippen LogP contribution in [0.1, 0.15) is 32.4 Å². The molecular weight excluding hydrogens is 245 g/mol. The van der Waals surface area contributed by atoms with Crippen molar-refractivity contribution < 1.29 is 4.79 Å². The molecule has 0 radical (unpaired) electrons. The molecule has 0 fully saturated rings. The predicted octanol–water partition coefficient (Wildman–Crippen LogP) is 3.83. The largest absolute Gasteiger partial charge is 0.349 e. The van der Waals surface area contributed by atoms with Crippen molar-refractivity contribution in [3.63, 3.8) is 0 Å². The normalized spacial score (nSPS) is 12.6. The zero-order valence-corrected chi connectivity index (χ0v) is 11.1. The smallest absolute Gasteiger partial charge is 0.223 e. The van der Waals surface area contributed by atoms with Crippen LogP contribution in [-0.4, -0.2) is 5.91 Å². The molecule has 1 aromatic carbocycles. The summed E-state index contributed by atoms with van der Waals surface area (Å²) in [5.74, 6) is -0.0213. The van der Waals surface area contributed by atoms with Gasteiger partial charge >= 0.3 is 0 Å². The Balaban J connectivity index is 2.80. The van der Waals surface area contributed by atoms with Crippen LogP contribution in [-0.2, 0) is 4.79 Å². The molecule has 0 aromatic heterocycles. The van der Waals surface area contributed by atoms with Crippen molar-refractivity contribution >= 4 is 29.1 Å². The molecule has 16 heavy (non-hydrogen) atoms. The summed E-state index contributed by atoms with van der Waals surface area (Å²) < 4.78 is 0. The van der Waals surface area contributed by atoms with Gasteiger partial charge < -0.3 is 5.32 Å². The molecule has 88 valence electrons. The Hall–Kier alpha value is -0.730. The molecule has 0 heterocycles. The Kier molecular flexibility index (Phi) is 4.63. The summed E-state index contributed by atoms with van der Waals surface area (Å²) in [6.07, 6.45) is 0. The van der Waals surface area contributed by atoms with Gasteiger partial charge in [-0.05, 0) is 24.6 Å². The maximum atomic E-state index is 11.5. The highest BCUT2D eigenvalue weighted by Crippen LogP contribution is 2.26. The van der Waals surface area contributed by atoms with Gasteiger partial charge in [0.05, 0.1) is 6.04 Å². The predicted molar refractivity (Wildman–Crippen MR) is 67.9 cm³/mol.